The first-order valence-corrected chi connectivity index (χ1v) is 5.19. The van der Waals surface area contributed by atoms with E-state index in [1.165, 1.54) is 0 Å². The standard InChI is InChI=1S/C11H15ClN2O/c1-8-4-5-10(9(12)7-8)15-6-2-3-11(13)14/h4-5,7H,2-3,6H2,1H3,(H3,13,14). The lowest BCUT2D eigenvalue weighted by Gasteiger charge is -2.07. The average Bonchev–Trinajstić information content (AvgIpc) is 2.14. The molecule has 82 valence electrons. The van der Waals surface area contributed by atoms with E-state index in [4.69, 9.17) is 27.5 Å². The molecule has 0 amide bonds. The second-order valence-electron chi connectivity index (χ2n) is 3.41. The molecule has 0 saturated carbocycles. The van der Waals surface area contributed by atoms with Gasteiger partial charge in [-0.3, -0.25) is 5.41 Å². The quantitative estimate of drug-likeness (QED) is 0.461. The number of nitrogens with one attached hydrogen (secondary N) is 1. The van der Waals surface area contributed by atoms with E-state index >= 15 is 0 Å². The van der Waals surface area contributed by atoms with Crippen LogP contribution in [0.2, 0.25) is 5.02 Å². The Labute approximate surface area is 94.7 Å². The Kier molecular flexibility index (Phi) is 4.43. The van der Waals surface area contributed by atoms with Crippen molar-refractivity contribution in [3.05, 3.63) is 28.8 Å². The predicted molar refractivity (Wildman–Crippen MR) is 62.8 cm³/mol. The van der Waals surface area contributed by atoms with Crippen molar-refractivity contribution in [2.24, 2.45) is 5.73 Å². The van der Waals surface area contributed by atoms with Crippen molar-refractivity contribution < 1.29 is 4.74 Å². The van der Waals surface area contributed by atoms with E-state index in [1.54, 1.807) is 0 Å². The molecule has 0 unspecified atom stereocenters. The fourth-order valence-corrected chi connectivity index (χ4v) is 1.46. The summed E-state index contributed by atoms with van der Waals surface area (Å²) >= 11 is 5.98. The van der Waals surface area contributed by atoms with Crippen LogP contribution >= 0.6 is 11.6 Å². The lowest BCUT2D eigenvalue weighted by atomic mass is 10.2. The van der Waals surface area contributed by atoms with Crippen LogP contribution in [0.1, 0.15) is 18.4 Å². The van der Waals surface area contributed by atoms with Gasteiger partial charge in [0.2, 0.25) is 0 Å². The predicted octanol–water partition coefficient (Wildman–Crippen LogP) is 2.74. The van der Waals surface area contributed by atoms with Gasteiger partial charge in [0.25, 0.3) is 0 Å². The highest BCUT2D eigenvalue weighted by molar-refractivity contribution is 6.32. The van der Waals surface area contributed by atoms with E-state index in [-0.39, 0.29) is 5.84 Å². The number of hydrogen-bond acceptors (Lipinski definition) is 2. The van der Waals surface area contributed by atoms with Gasteiger partial charge in [0.1, 0.15) is 5.75 Å². The number of nitrogens with two attached hydrogens (primary N) is 1. The van der Waals surface area contributed by atoms with E-state index in [1.807, 2.05) is 25.1 Å². The number of aryl methyl sites for hydroxylation is 1. The molecular formula is C11H15ClN2O. The Bertz CT molecular complexity index is 352. The van der Waals surface area contributed by atoms with Crippen LogP contribution in [0.4, 0.5) is 0 Å². The zero-order chi connectivity index (χ0) is 11.3. The second kappa shape index (κ2) is 5.61. The van der Waals surface area contributed by atoms with E-state index in [9.17, 15) is 0 Å². The largest absolute Gasteiger partial charge is 0.492 e. The minimum atomic E-state index is 0.189. The lowest BCUT2D eigenvalue weighted by molar-refractivity contribution is 0.313. The fraction of sp³-hybridized carbons (Fsp3) is 0.364. The minimum absolute atomic E-state index is 0.189. The van der Waals surface area contributed by atoms with Crippen molar-refractivity contribution in [3.8, 4) is 5.75 Å². The van der Waals surface area contributed by atoms with Crippen molar-refractivity contribution in [2.75, 3.05) is 6.61 Å². The summed E-state index contributed by atoms with van der Waals surface area (Å²) in [5.41, 5.74) is 6.33. The van der Waals surface area contributed by atoms with Gasteiger partial charge in [-0.1, -0.05) is 17.7 Å². The van der Waals surface area contributed by atoms with E-state index < -0.39 is 0 Å². The molecule has 1 aromatic carbocycles. The first kappa shape index (κ1) is 11.9. The minimum Gasteiger partial charge on any atom is -0.492 e. The number of benzene rings is 1. The number of amidine groups is 1. The Morgan fingerprint density at radius 1 is 1.53 bits per heavy atom. The Hall–Kier alpha value is -1.22. The number of halogens is 1. The summed E-state index contributed by atoms with van der Waals surface area (Å²) in [6, 6.07) is 5.67. The maximum Gasteiger partial charge on any atom is 0.137 e. The first-order chi connectivity index (χ1) is 7.09. The number of ether oxygens (including phenoxy) is 1. The molecule has 0 aliphatic heterocycles. The third-order valence-corrected chi connectivity index (χ3v) is 2.23. The molecule has 0 bridgehead atoms. The van der Waals surface area contributed by atoms with Crippen molar-refractivity contribution in [3.63, 3.8) is 0 Å². The highest BCUT2D eigenvalue weighted by Crippen LogP contribution is 2.25. The van der Waals surface area contributed by atoms with Gasteiger partial charge < -0.3 is 10.5 Å². The molecule has 0 heterocycles. The maximum absolute atomic E-state index is 7.04. The molecule has 0 atom stereocenters. The molecule has 0 fully saturated rings. The molecular weight excluding hydrogens is 212 g/mol. The molecule has 1 rings (SSSR count). The second-order valence-corrected chi connectivity index (χ2v) is 3.82. The SMILES string of the molecule is Cc1ccc(OCCCC(=N)N)c(Cl)c1. The molecule has 3 N–H and O–H groups in total. The molecule has 0 radical (unpaired) electrons. The number of hydrogen-bond donors (Lipinski definition) is 2. The molecule has 0 aliphatic rings. The number of rotatable bonds is 5. The summed E-state index contributed by atoms with van der Waals surface area (Å²) in [5.74, 6) is 0.874. The van der Waals surface area contributed by atoms with Crippen molar-refractivity contribution in [1.82, 2.24) is 0 Å². The summed E-state index contributed by atoms with van der Waals surface area (Å²) in [5, 5.41) is 7.67. The highest BCUT2D eigenvalue weighted by Gasteiger charge is 2.01. The van der Waals surface area contributed by atoms with Crippen molar-refractivity contribution in [2.45, 2.75) is 19.8 Å². The van der Waals surface area contributed by atoms with Crippen LogP contribution in [-0.4, -0.2) is 12.4 Å². The van der Waals surface area contributed by atoms with Gasteiger partial charge in [0.15, 0.2) is 0 Å². The van der Waals surface area contributed by atoms with Crippen molar-refractivity contribution in [1.29, 1.82) is 5.41 Å². The van der Waals surface area contributed by atoms with Gasteiger partial charge in [-0.15, -0.1) is 0 Å². The Balaban J connectivity index is 2.40. The van der Waals surface area contributed by atoms with Crippen molar-refractivity contribution >= 4 is 17.4 Å². The van der Waals surface area contributed by atoms with Crippen LogP contribution in [-0.2, 0) is 0 Å². The third-order valence-electron chi connectivity index (χ3n) is 1.94. The van der Waals surface area contributed by atoms with Crippen LogP contribution in [0.3, 0.4) is 0 Å². The molecule has 4 heteroatoms. The van der Waals surface area contributed by atoms with Crippen LogP contribution < -0.4 is 10.5 Å². The van der Waals surface area contributed by atoms with Gasteiger partial charge >= 0.3 is 0 Å². The molecule has 3 nitrogen and oxygen atoms in total. The summed E-state index contributed by atoms with van der Waals surface area (Å²) in [4.78, 5) is 0. The smallest absolute Gasteiger partial charge is 0.137 e. The van der Waals surface area contributed by atoms with Gasteiger partial charge in [-0.05, 0) is 31.0 Å². The zero-order valence-electron chi connectivity index (χ0n) is 8.72. The van der Waals surface area contributed by atoms with Gasteiger partial charge in [-0.2, -0.15) is 0 Å². The first-order valence-electron chi connectivity index (χ1n) is 4.81. The van der Waals surface area contributed by atoms with Crippen LogP contribution in [0.25, 0.3) is 0 Å². The van der Waals surface area contributed by atoms with Crippen LogP contribution in [0.15, 0.2) is 18.2 Å². The monoisotopic (exact) mass is 226 g/mol. The molecule has 0 saturated heterocycles. The van der Waals surface area contributed by atoms with Gasteiger partial charge in [0.05, 0.1) is 17.5 Å². The molecule has 0 spiro atoms. The van der Waals surface area contributed by atoms with Gasteiger partial charge in [0, 0.05) is 6.42 Å². The average molecular weight is 227 g/mol. The Morgan fingerprint density at radius 3 is 2.87 bits per heavy atom. The molecule has 0 aromatic heterocycles. The topological polar surface area (TPSA) is 59.1 Å². The van der Waals surface area contributed by atoms with Crippen LogP contribution in [0, 0.1) is 12.3 Å². The summed E-state index contributed by atoms with van der Waals surface area (Å²) < 4.78 is 5.46. The fourth-order valence-electron chi connectivity index (χ4n) is 1.17. The van der Waals surface area contributed by atoms with Crippen LogP contribution in [0.5, 0.6) is 5.75 Å². The third kappa shape index (κ3) is 4.21. The summed E-state index contributed by atoms with van der Waals surface area (Å²) in [6.45, 7) is 2.51. The maximum atomic E-state index is 7.04. The normalized spacial score (nSPS) is 10.0. The van der Waals surface area contributed by atoms with E-state index in [0.29, 0.717) is 23.8 Å². The zero-order valence-corrected chi connectivity index (χ0v) is 9.47. The summed E-state index contributed by atoms with van der Waals surface area (Å²) in [6.07, 6.45) is 1.29. The Morgan fingerprint density at radius 2 is 2.27 bits per heavy atom. The summed E-state index contributed by atoms with van der Waals surface area (Å²) in [7, 11) is 0. The molecule has 0 aliphatic carbocycles. The van der Waals surface area contributed by atoms with E-state index in [0.717, 1.165) is 12.0 Å². The highest BCUT2D eigenvalue weighted by atomic mass is 35.5. The molecule has 1 aromatic rings. The van der Waals surface area contributed by atoms with E-state index in [2.05, 4.69) is 0 Å². The van der Waals surface area contributed by atoms with Gasteiger partial charge in [-0.25, -0.2) is 0 Å². The molecule has 15 heavy (non-hydrogen) atoms. The lowest BCUT2D eigenvalue weighted by Crippen LogP contribution is -2.11.